The van der Waals surface area contributed by atoms with Crippen molar-refractivity contribution in [1.82, 2.24) is 0 Å². The molecule has 1 aromatic carbocycles. The van der Waals surface area contributed by atoms with Gasteiger partial charge >= 0.3 is 59.1 Å². The number of non-ortho nitro benzene ring substituents is 3. The van der Waals surface area contributed by atoms with Crippen molar-refractivity contribution in [2.45, 2.75) is 0 Å². The average Bonchev–Trinajstić information content (AvgIpc) is 2.25. The maximum absolute atomic E-state index is 10.3. The molecule has 1 aromatic rings. The summed E-state index contributed by atoms with van der Waals surface area (Å²) in [5.41, 5.74) is -2.05. The molecule has 0 aromatic heterocycles. The fourth-order valence-corrected chi connectivity index (χ4v) is 0.896. The third-order valence-corrected chi connectivity index (χ3v) is 1.52. The van der Waals surface area contributed by atoms with E-state index in [0.29, 0.717) is 18.2 Å². The van der Waals surface area contributed by atoms with Crippen LogP contribution in [0.1, 0.15) is 0 Å². The average molecular weight is 355 g/mol. The zero-order valence-corrected chi connectivity index (χ0v) is 15.9. The third kappa shape index (κ3) is 11.9. The van der Waals surface area contributed by atoms with Crippen LogP contribution in [-0.4, -0.2) is 32.3 Å². The Kier molecular flexibility index (Phi) is 13.0. The quantitative estimate of drug-likeness (QED) is 0.165. The van der Waals surface area contributed by atoms with Crippen molar-refractivity contribution < 1.29 is 91.4 Å². The summed E-state index contributed by atoms with van der Waals surface area (Å²) in [6.45, 7) is 0. The molecule has 0 aliphatic heterocycles. The normalized spacial score (nSPS) is 9.18. The first-order valence-corrected chi connectivity index (χ1v) is 5.50. The second-order valence-electron chi connectivity index (χ2n) is 2.89. The maximum Gasteiger partial charge on any atom is 1.00 e. The van der Waals surface area contributed by atoms with Crippen molar-refractivity contribution in [2.75, 3.05) is 0 Å². The van der Waals surface area contributed by atoms with Crippen LogP contribution in [0.15, 0.2) is 18.2 Å². The predicted molar refractivity (Wildman–Crippen MR) is 56.9 cm³/mol. The number of nitrogens with zero attached hydrogens (tertiary/aromatic N) is 3. The van der Waals surface area contributed by atoms with Crippen molar-refractivity contribution in [2.24, 2.45) is 0 Å². The van der Waals surface area contributed by atoms with Crippen molar-refractivity contribution in [3.63, 3.8) is 0 Å². The SMILES string of the molecule is O=S(=O)([O-])[O-].O=[N+]([O-])c1cc([N+](=O)[O-])cc([N+](=O)[O-])c1.[Na+].[Na+]. The van der Waals surface area contributed by atoms with Crippen LogP contribution in [0, 0.1) is 30.3 Å². The summed E-state index contributed by atoms with van der Waals surface area (Å²) in [7, 11) is -5.17. The molecule has 0 spiro atoms. The van der Waals surface area contributed by atoms with Crippen LogP contribution in [0.25, 0.3) is 0 Å². The minimum absolute atomic E-state index is 0. The summed E-state index contributed by atoms with van der Waals surface area (Å²) in [6, 6.07) is 1.98. The molecule has 110 valence electrons. The number of hydrogen-bond donors (Lipinski definition) is 0. The van der Waals surface area contributed by atoms with Gasteiger partial charge in [-0.25, -0.2) is 0 Å². The van der Waals surface area contributed by atoms with Gasteiger partial charge in [0.25, 0.3) is 17.1 Å². The van der Waals surface area contributed by atoms with E-state index in [2.05, 4.69) is 0 Å². The van der Waals surface area contributed by atoms with Gasteiger partial charge in [-0.1, -0.05) is 0 Å². The number of benzene rings is 1. The van der Waals surface area contributed by atoms with E-state index >= 15 is 0 Å². The number of nitro benzene ring substituents is 3. The maximum atomic E-state index is 10.3. The smallest absolute Gasteiger partial charge is 0.759 e. The van der Waals surface area contributed by atoms with Crippen molar-refractivity contribution in [3.8, 4) is 0 Å². The Hall–Kier alpha value is -0.710. The minimum atomic E-state index is -5.17. The van der Waals surface area contributed by atoms with Crippen molar-refractivity contribution in [1.29, 1.82) is 0 Å². The van der Waals surface area contributed by atoms with Crippen LogP contribution in [0.5, 0.6) is 0 Å². The zero-order chi connectivity index (χ0) is 16.1. The van der Waals surface area contributed by atoms with E-state index in [-0.39, 0.29) is 59.1 Å². The van der Waals surface area contributed by atoms with E-state index < -0.39 is 42.2 Å². The molecule has 0 fully saturated rings. The molecule has 16 heteroatoms. The summed E-state index contributed by atoms with van der Waals surface area (Å²) in [5, 5.41) is 30.9. The first-order valence-electron chi connectivity index (χ1n) is 4.16. The Bertz CT molecular complexity index is 576. The molecule has 0 saturated carbocycles. The van der Waals surface area contributed by atoms with Crippen LogP contribution >= 0.6 is 0 Å². The van der Waals surface area contributed by atoms with E-state index in [4.69, 9.17) is 17.5 Å². The van der Waals surface area contributed by atoms with E-state index in [1.165, 1.54) is 0 Å². The van der Waals surface area contributed by atoms with Gasteiger partial charge in [-0.2, -0.15) is 0 Å². The molecule has 0 aliphatic carbocycles. The van der Waals surface area contributed by atoms with Crippen molar-refractivity contribution >= 4 is 27.5 Å². The van der Waals surface area contributed by atoms with Crippen molar-refractivity contribution in [3.05, 3.63) is 48.5 Å². The van der Waals surface area contributed by atoms with Gasteiger partial charge in [0.15, 0.2) is 0 Å². The van der Waals surface area contributed by atoms with Gasteiger partial charge in [0.2, 0.25) is 0 Å². The van der Waals surface area contributed by atoms with E-state index in [0.717, 1.165) is 0 Å². The van der Waals surface area contributed by atoms with Crippen LogP contribution in [0.4, 0.5) is 17.1 Å². The summed E-state index contributed by atoms with van der Waals surface area (Å²) in [6.07, 6.45) is 0. The van der Waals surface area contributed by atoms with Gasteiger partial charge in [0.05, 0.1) is 33.0 Å². The Labute approximate surface area is 166 Å². The fourth-order valence-electron chi connectivity index (χ4n) is 0.896. The molecule has 0 unspecified atom stereocenters. The summed E-state index contributed by atoms with van der Waals surface area (Å²) in [5.74, 6) is 0. The summed E-state index contributed by atoms with van der Waals surface area (Å²) in [4.78, 5) is 28.1. The molecular weight excluding hydrogens is 352 g/mol. The van der Waals surface area contributed by atoms with E-state index in [1.54, 1.807) is 0 Å². The molecule has 0 amide bonds. The minimum Gasteiger partial charge on any atom is -0.759 e. The third-order valence-electron chi connectivity index (χ3n) is 1.52. The number of rotatable bonds is 3. The molecule has 1 rings (SSSR count). The second kappa shape index (κ2) is 10.9. The first-order chi connectivity index (χ1) is 8.91. The molecule has 0 saturated heterocycles. The molecule has 0 bridgehead atoms. The predicted octanol–water partition coefficient (Wildman–Crippen LogP) is -5.92. The monoisotopic (exact) mass is 355 g/mol. The van der Waals surface area contributed by atoms with Gasteiger partial charge in [-0.15, -0.1) is 0 Å². The Morgan fingerprint density at radius 3 is 0.909 bits per heavy atom. The van der Waals surface area contributed by atoms with Crippen LogP contribution < -0.4 is 59.1 Å². The van der Waals surface area contributed by atoms with Gasteiger partial charge in [-0.05, 0) is 0 Å². The standard InChI is InChI=1S/C6H3N3O6.2Na.H2O4S/c10-7(11)4-1-5(8(12)13)3-6(2-4)9(14)15;;;1-5(2,3)4/h1-3H;;;(H2,1,2,3,4)/q;2*+1;/p-2. The Morgan fingerprint density at radius 1 is 0.682 bits per heavy atom. The van der Waals surface area contributed by atoms with E-state index in [9.17, 15) is 30.3 Å². The molecule has 13 nitrogen and oxygen atoms in total. The van der Waals surface area contributed by atoms with E-state index in [1.807, 2.05) is 0 Å². The number of nitro groups is 3. The molecule has 0 N–H and O–H groups in total. The van der Waals surface area contributed by atoms with Crippen LogP contribution in [-0.2, 0) is 10.4 Å². The molecule has 0 radical (unpaired) electrons. The van der Waals surface area contributed by atoms with Gasteiger partial charge < -0.3 is 9.11 Å². The first kappa shape index (κ1) is 26.2. The molecule has 0 aliphatic rings. The molecule has 22 heavy (non-hydrogen) atoms. The van der Waals surface area contributed by atoms with Crippen LogP contribution in [0.3, 0.4) is 0 Å². The van der Waals surface area contributed by atoms with Crippen LogP contribution in [0.2, 0.25) is 0 Å². The molecular formula is C6H3N3Na2O10S. The largest absolute Gasteiger partial charge is 1.00 e. The Balaban J connectivity index is -0.000000452. The van der Waals surface area contributed by atoms with Gasteiger partial charge in [0.1, 0.15) is 0 Å². The zero-order valence-electron chi connectivity index (χ0n) is 11.1. The van der Waals surface area contributed by atoms with Gasteiger partial charge in [-0.3, -0.25) is 38.8 Å². The second-order valence-corrected chi connectivity index (χ2v) is 3.70. The molecule has 0 heterocycles. The summed E-state index contributed by atoms with van der Waals surface area (Å²) >= 11 is 0. The van der Waals surface area contributed by atoms with Gasteiger partial charge in [0, 0.05) is 10.4 Å². The fraction of sp³-hybridized carbons (Fsp3) is 0. The summed E-state index contributed by atoms with van der Waals surface area (Å²) < 4.78 is 34.1. The molecule has 0 atom stereocenters. The Morgan fingerprint density at radius 2 is 0.818 bits per heavy atom. The number of hydrogen-bond acceptors (Lipinski definition) is 10. The topological polar surface area (TPSA) is 210 Å².